The van der Waals surface area contributed by atoms with Crippen LogP contribution in [0.4, 0.5) is 0 Å². The van der Waals surface area contributed by atoms with Crippen LogP contribution in [0.1, 0.15) is 27.6 Å². The molecule has 0 saturated heterocycles. The molecule has 6 nitrogen and oxygen atoms in total. The number of carbonyl (C=O) groups is 3. The van der Waals surface area contributed by atoms with E-state index in [1.165, 1.54) is 12.4 Å². The summed E-state index contributed by atoms with van der Waals surface area (Å²) in [5.74, 6) is -1.48. The Morgan fingerprint density at radius 1 is 0.897 bits per heavy atom. The van der Waals surface area contributed by atoms with Gasteiger partial charge in [0.05, 0.1) is 12.2 Å². The summed E-state index contributed by atoms with van der Waals surface area (Å²) in [4.78, 5) is 39.9. The van der Waals surface area contributed by atoms with Crippen molar-refractivity contribution in [1.29, 1.82) is 0 Å². The van der Waals surface area contributed by atoms with Crippen molar-refractivity contribution in [2.75, 3.05) is 20.7 Å². The summed E-state index contributed by atoms with van der Waals surface area (Å²) in [6.45, 7) is 1.90. The van der Waals surface area contributed by atoms with E-state index in [0.717, 1.165) is 0 Å². The third kappa shape index (κ3) is 6.17. The Morgan fingerprint density at radius 2 is 1.38 bits per heavy atom. The van der Waals surface area contributed by atoms with Gasteiger partial charge >= 0.3 is 5.97 Å². The van der Waals surface area contributed by atoms with E-state index in [0.29, 0.717) is 11.1 Å². The van der Waals surface area contributed by atoms with Crippen LogP contribution in [0.15, 0.2) is 84.3 Å². The molecule has 0 fully saturated rings. The third-order valence-corrected chi connectivity index (χ3v) is 3.82. The van der Waals surface area contributed by atoms with Crippen LogP contribution in [0.25, 0.3) is 0 Å². The van der Waals surface area contributed by atoms with Gasteiger partial charge in [-0.25, -0.2) is 4.79 Å². The largest absolute Gasteiger partial charge is 0.461 e. The van der Waals surface area contributed by atoms with E-state index in [1.807, 2.05) is 0 Å². The predicted octanol–water partition coefficient (Wildman–Crippen LogP) is 3.19. The molecule has 0 aliphatic carbocycles. The van der Waals surface area contributed by atoms with E-state index < -0.39 is 17.5 Å². The number of nitrogens with zero attached hydrogens (tertiary/aromatic N) is 1. The molecule has 0 bridgehead atoms. The average molecular weight is 392 g/mol. The van der Waals surface area contributed by atoms with Crippen molar-refractivity contribution < 1.29 is 19.1 Å². The molecule has 0 radical (unpaired) electrons. The third-order valence-electron chi connectivity index (χ3n) is 3.82. The lowest BCUT2D eigenvalue weighted by molar-refractivity contribution is -0.138. The molecule has 0 aromatic heterocycles. The number of hydrogen-bond donors (Lipinski definition) is 1. The number of ketones is 2. The number of hydrogen-bond acceptors (Lipinski definition) is 6. The molecule has 1 N–H and O–H groups in total. The van der Waals surface area contributed by atoms with Crippen molar-refractivity contribution in [2.24, 2.45) is 0 Å². The molecule has 0 aliphatic heterocycles. The molecule has 0 unspecified atom stereocenters. The molecule has 29 heavy (non-hydrogen) atoms. The fraction of sp³-hybridized carbons (Fsp3) is 0.174. The van der Waals surface area contributed by atoms with Crippen molar-refractivity contribution in [3.05, 3.63) is 95.5 Å². The number of ether oxygens (including phenoxy) is 1. The van der Waals surface area contributed by atoms with Gasteiger partial charge in [0, 0.05) is 37.6 Å². The van der Waals surface area contributed by atoms with E-state index >= 15 is 0 Å². The van der Waals surface area contributed by atoms with Crippen molar-refractivity contribution >= 4 is 17.5 Å². The monoisotopic (exact) mass is 392 g/mol. The van der Waals surface area contributed by atoms with E-state index in [9.17, 15) is 14.4 Å². The molecule has 2 aromatic carbocycles. The van der Waals surface area contributed by atoms with Gasteiger partial charge in [-0.3, -0.25) is 9.59 Å². The number of carbonyl (C=O) groups excluding carboxylic acids is 3. The predicted molar refractivity (Wildman–Crippen MR) is 111 cm³/mol. The van der Waals surface area contributed by atoms with Gasteiger partial charge in [-0.2, -0.15) is 0 Å². The van der Waals surface area contributed by atoms with Crippen LogP contribution in [-0.4, -0.2) is 43.1 Å². The summed E-state index contributed by atoms with van der Waals surface area (Å²) >= 11 is 0. The number of Topliss-reactive ketones (excluding diaryl/α,β-unsaturated/α-hetero) is 2. The maximum atomic E-state index is 13.0. The smallest absolute Gasteiger partial charge is 0.356 e. The zero-order chi connectivity index (χ0) is 21.2. The summed E-state index contributed by atoms with van der Waals surface area (Å²) in [5.41, 5.74) is 0.769. The second kappa shape index (κ2) is 10.6. The highest BCUT2D eigenvalue weighted by molar-refractivity contribution is 6.30. The van der Waals surface area contributed by atoms with Gasteiger partial charge in [-0.15, -0.1) is 0 Å². The number of allylic oxidation sites excluding steroid dienone is 1. The number of rotatable bonds is 9. The van der Waals surface area contributed by atoms with Crippen molar-refractivity contribution in [3.63, 3.8) is 0 Å². The highest BCUT2D eigenvalue weighted by Crippen LogP contribution is 2.14. The van der Waals surface area contributed by atoms with Gasteiger partial charge in [0.15, 0.2) is 11.6 Å². The lowest BCUT2D eigenvalue weighted by atomic mass is 9.96. The average Bonchev–Trinajstić information content (AvgIpc) is 2.73. The zero-order valence-corrected chi connectivity index (χ0v) is 16.7. The normalized spacial score (nSPS) is 10.7. The van der Waals surface area contributed by atoms with Crippen LogP contribution in [0.2, 0.25) is 0 Å². The van der Waals surface area contributed by atoms with Gasteiger partial charge in [0.1, 0.15) is 5.70 Å². The molecular weight excluding hydrogens is 368 g/mol. The molecule has 150 valence electrons. The molecule has 0 aliphatic rings. The van der Waals surface area contributed by atoms with E-state index in [-0.39, 0.29) is 17.9 Å². The first-order valence-corrected chi connectivity index (χ1v) is 9.15. The summed E-state index contributed by atoms with van der Waals surface area (Å²) in [6.07, 6.45) is 2.78. The minimum atomic E-state index is -0.587. The summed E-state index contributed by atoms with van der Waals surface area (Å²) in [7, 11) is 3.49. The molecule has 0 heterocycles. The zero-order valence-electron chi connectivity index (χ0n) is 16.7. The first-order chi connectivity index (χ1) is 13.9. The highest BCUT2D eigenvalue weighted by atomic mass is 16.5. The van der Waals surface area contributed by atoms with Crippen LogP contribution < -0.4 is 5.32 Å². The standard InChI is InChI=1S/C23H24N2O4/c1-4-29-23(28)20(16-25(2)3)24-15-19(21(26)17-11-7-5-8-12-17)22(27)18-13-9-6-10-14-18/h5-16,24H,4H2,1-3H3/b20-16-. The van der Waals surface area contributed by atoms with Crippen molar-refractivity contribution in [2.45, 2.75) is 6.92 Å². The summed E-state index contributed by atoms with van der Waals surface area (Å²) < 4.78 is 5.03. The first kappa shape index (κ1) is 21.6. The maximum absolute atomic E-state index is 13.0. The van der Waals surface area contributed by atoms with Crippen LogP contribution in [-0.2, 0) is 9.53 Å². The van der Waals surface area contributed by atoms with Gasteiger partial charge in [-0.05, 0) is 6.92 Å². The van der Waals surface area contributed by atoms with E-state index in [4.69, 9.17) is 4.74 Å². The lowest BCUT2D eigenvalue weighted by Crippen LogP contribution is -2.24. The molecule has 0 spiro atoms. The Labute approximate surface area is 170 Å². The van der Waals surface area contributed by atoms with Crippen molar-refractivity contribution in [3.8, 4) is 0 Å². The van der Waals surface area contributed by atoms with E-state index in [1.54, 1.807) is 86.6 Å². The van der Waals surface area contributed by atoms with Gasteiger partial charge in [0.2, 0.25) is 0 Å². The number of esters is 1. The Hall–Kier alpha value is -3.67. The van der Waals surface area contributed by atoms with Crippen LogP contribution in [0.3, 0.4) is 0 Å². The van der Waals surface area contributed by atoms with Gasteiger partial charge in [-0.1, -0.05) is 60.7 Å². The fourth-order valence-electron chi connectivity index (χ4n) is 2.49. The van der Waals surface area contributed by atoms with Crippen molar-refractivity contribution in [1.82, 2.24) is 10.2 Å². The molecule has 2 aromatic rings. The Balaban J connectivity index is 2.44. The molecule has 0 atom stereocenters. The van der Waals surface area contributed by atoms with Crippen LogP contribution in [0, 0.1) is 0 Å². The SMILES string of the molecule is CCOC(=O)/C(=C/N(C)C)NC=C(C(=O)c1ccccc1)C(=O)c1ccccc1. The maximum Gasteiger partial charge on any atom is 0.356 e. The topological polar surface area (TPSA) is 75.7 Å². The van der Waals surface area contributed by atoms with E-state index in [2.05, 4.69) is 5.32 Å². The molecule has 6 heteroatoms. The van der Waals surface area contributed by atoms with Gasteiger partial charge in [0.25, 0.3) is 0 Å². The second-order valence-corrected chi connectivity index (χ2v) is 6.32. The molecule has 0 saturated carbocycles. The molecule has 0 amide bonds. The number of benzene rings is 2. The minimum absolute atomic E-state index is 0.0867. The Bertz CT molecular complexity index is 863. The summed E-state index contributed by atoms with van der Waals surface area (Å²) in [6, 6.07) is 17.0. The molecule has 2 rings (SSSR count). The highest BCUT2D eigenvalue weighted by Gasteiger charge is 2.22. The lowest BCUT2D eigenvalue weighted by Gasteiger charge is -2.12. The minimum Gasteiger partial charge on any atom is -0.461 e. The van der Waals surface area contributed by atoms with Gasteiger partial charge < -0.3 is 15.0 Å². The fourth-order valence-corrected chi connectivity index (χ4v) is 2.49. The Kier molecular flexibility index (Phi) is 7.91. The quantitative estimate of drug-likeness (QED) is 0.232. The Morgan fingerprint density at radius 3 is 1.79 bits per heavy atom. The van der Waals surface area contributed by atoms with Crippen LogP contribution >= 0.6 is 0 Å². The number of nitrogens with one attached hydrogen (secondary N) is 1. The molecular formula is C23H24N2O4. The summed E-state index contributed by atoms with van der Waals surface area (Å²) in [5, 5.41) is 2.78. The second-order valence-electron chi connectivity index (χ2n) is 6.32. The first-order valence-electron chi connectivity index (χ1n) is 9.15. The van der Waals surface area contributed by atoms with Crippen LogP contribution in [0.5, 0.6) is 0 Å².